The van der Waals surface area contributed by atoms with Gasteiger partial charge in [-0.25, -0.2) is 4.31 Å². The van der Waals surface area contributed by atoms with E-state index < -0.39 is 10.2 Å². The number of hydrogen-bond acceptors (Lipinski definition) is 3. The number of aryl methyl sites for hydroxylation is 2. The van der Waals surface area contributed by atoms with Gasteiger partial charge in [-0.1, -0.05) is 18.6 Å². The molecule has 0 spiro atoms. The van der Waals surface area contributed by atoms with Crippen LogP contribution in [0.15, 0.2) is 18.2 Å². The summed E-state index contributed by atoms with van der Waals surface area (Å²) in [6.45, 7) is 3.58. The predicted octanol–water partition coefficient (Wildman–Crippen LogP) is 2.22. The number of benzene rings is 1. The molecule has 2 aliphatic rings. The third-order valence-electron chi connectivity index (χ3n) is 5.74. The van der Waals surface area contributed by atoms with Crippen molar-refractivity contribution in [3.05, 3.63) is 29.3 Å². The highest BCUT2D eigenvalue weighted by molar-refractivity contribution is 7.90. The Kier molecular flexibility index (Phi) is 5.30. The number of anilines is 1. The highest BCUT2D eigenvalue weighted by atomic mass is 32.2. The van der Waals surface area contributed by atoms with Crippen LogP contribution in [0.25, 0.3) is 0 Å². The molecule has 3 rings (SSSR count). The highest BCUT2D eigenvalue weighted by Gasteiger charge is 2.40. The van der Waals surface area contributed by atoms with Crippen molar-refractivity contribution in [3.63, 3.8) is 0 Å². The average molecular weight is 380 g/mol. The summed E-state index contributed by atoms with van der Waals surface area (Å²) in [7, 11) is -0.790. The molecule has 7 heteroatoms. The molecule has 1 aromatic rings. The summed E-state index contributed by atoms with van der Waals surface area (Å²) >= 11 is 0. The molecule has 6 nitrogen and oxygen atoms in total. The molecule has 1 aromatic carbocycles. The maximum Gasteiger partial charge on any atom is 0.304 e. The van der Waals surface area contributed by atoms with E-state index in [1.54, 1.807) is 0 Å². The lowest BCUT2D eigenvalue weighted by atomic mass is 9.95. The first kappa shape index (κ1) is 19.2. The molecule has 26 heavy (non-hydrogen) atoms. The molecule has 0 unspecified atom stereocenters. The smallest absolute Gasteiger partial charge is 0.304 e. The van der Waals surface area contributed by atoms with Crippen molar-refractivity contribution in [1.29, 1.82) is 0 Å². The van der Waals surface area contributed by atoms with Crippen LogP contribution < -0.4 is 9.62 Å². The number of hydrogen-bond donors (Lipinski definition) is 1. The Hall–Kier alpha value is -1.60. The van der Waals surface area contributed by atoms with Gasteiger partial charge in [-0.3, -0.25) is 4.79 Å². The minimum absolute atomic E-state index is 0.196. The van der Waals surface area contributed by atoms with Crippen LogP contribution >= 0.6 is 0 Å². The third-order valence-corrected chi connectivity index (χ3v) is 7.55. The number of rotatable bonds is 6. The SMILES string of the molecule is Cc1ccc(C)c(N(CC(=O)N[C@@H]2C[C@H]3CC[C@H]2C3)S(=O)(=O)N(C)C)c1. The second kappa shape index (κ2) is 7.19. The van der Waals surface area contributed by atoms with Gasteiger partial charge in [0.05, 0.1) is 5.69 Å². The highest BCUT2D eigenvalue weighted by Crippen LogP contribution is 2.44. The topological polar surface area (TPSA) is 69.7 Å². The van der Waals surface area contributed by atoms with Crippen LogP contribution in [0.1, 0.15) is 36.8 Å². The molecule has 0 saturated heterocycles. The van der Waals surface area contributed by atoms with Gasteiger partial charge < -0.3 is 5.32 Å². The Morgan fingerprint density at radius 3 is 2.50 bits per heavy atom. The van der Waals surface area contributed by atoms with Crippen LogP contribution in [0.4, 0.5) is 5.69 Å². The standard InChI is InChI=1S/C19H29N3O3S/c1-13-5-6-14(2)18(9-13)22(26(24,25)21(3)4)12-19(23)20-17-11-15-7-8-16(17)10-15/h5-6,9,15-17H,7-8,10-12H2,1-4H3,(H,20,23)/t15-,16-,17+/m0/s1. The Labute approximate surface area is 156 Å². The molecule has 2 bridgehead atoms. The lowest BCUT2D eigenvalue weighted by Crippen LogP contribution is -2.48. The number of fused-ring (bicyclic) bond motifs is 2. The fourth-order valence-electron chi connectivity index (χ4n) is 4.28. The van der Waals surface area contributed by atoms with Gasteiger partial charge in [0.15, 0.2) is 0 Å². The lowest BCUT2D eigenvalue weighted by molar-refractivity contribution is -0.120. The molecule has 0 heterocycles. The van der Waals surface area contributed by atoms with E-state index in [9.17, 15) is 13.2 Å². The normalized spacial score (nSPS) is 24.9. The molecular formula is C19H29N3O3S. The van der Waals surface area contributed by atoms with Gasteiger partial charge in [0.1, 0.15) is 6.54 Å². The van der Waals surface area contributed by atoms with Gasteiger partial charge in [0, 0.05) is 20.1 Å². The Bertz CT molecular complexity index is 791. The number of nitrogens with zero attached hydrogens (tertiary/aromatic N) is 2. The van der Waals surface area contributed by atoms with Crippen LogP contribution in [-0.2, 0) is 15.0 Å². The van der Waals surface area contributed by atoms with E-state index in [4.69, 9.17) is 0 Å². The Morgan fingerprint density at radius 2 is 1.92 bits per heavy atom. The van der Waals surface area contributed by atoms with E-state index >= 15 is 0 Å². The maximum atomic E-state index is 12.9. The molecule has 3 atom stereocenters. The number of carbonyl (C=O) groups excluding carboxylic acids is 1. The molecule has 2 fully saturated rings. The molecule has 1 N–H and O–H groups in total. The predicted molar refractivity (Wildman–Crippen MR) is 103 cm³/mol. The first-order valence-corrected chi connectivity index (χ1v) is 10.6. The van der Waals surface area contributed by atoms with Gasteiger partial charge in [0.25, 0.3) is 0 Å². The summed E-state index contributed by atoms with van der Waals surface area (Å²) in [4.78, 5) is 12.7. The van der Waals surface area contributed by atoms with Crippen LogP contribution in [-0.4, -0.2) is 45.3 Å². The quantitative estimate of drug-likeness (QED) is 0.824. The zero-order valence-corrected chi connectivity index (χ0v) is 16.8. The van der Waals surface area contributed by atoms with Crippen molar-refractivity contribution in [2.75, 3.05) is 24.9 Å². The second-order valence-corrected chi connectivity index (χ2v) is 10.0. The Morgan fingerprint density at radius 1 is 1.19 bits per heavy atom. The lowest BCUT2D eigenvalue weighted by Gasteiger charge is -2.30. The van der Waals surface area contributed by atoms with Crippen molar-refractivity contribution in [1.82, 2.24) is 9.62 Å². The van der Waals surface area contributed by atoms with Gasteiger partial charge in [-0.2, -0.15) is 12.7 Å². The maximum absolute atomic E-state index is 12.9. The van der Waals surface area contributed by atoms with E-state index in [2.05, 4.69) is 5.32 Å². The van der Waals surface area contributed by atoms with Gasteiger partial charge >= 0.3 is 10.2 Å². The van der Waals surface area contributed by atoms with Crippen molar-refractivity contribution in [2.24, 2.45) is 11.8 Å². The van der Waals surface area contributed by atoms with Gasteiger partial charge in [-0.15, -0.1) is 0 Å². The van der Waals surface area contributed by atoms with Crippen molar-refractivity contribution >= 4 is 21.8 Å². The van der Waals surface area contributed by atoms with Crippen LogP contribution in [0.5, 0.6) is 0 Å². The molecule has 2 saturated carbocycles. The minimum atomic E-state index is -3.76. The zero-order chi connectivity index (χ0) is 19.1. The molecule has 144 valence electrons. The molecule has 0 aromatic heterocycles. The fourth-order valence-corrected chi connectivity index (χ4v) is 5.40. The van der Waals surface area contributed by atoms with Crippen LogP contribution in [0, 0.1) is 25.7 Å². The Balaban J connectivity index is 1.82. The third kappa shape index (κ3) is 3.74. The summed E-state index contributed by atoms with van der Waals surface area (Å²) in [5, 5.41) is 3.09. The van der Waals surface area contributed by atoms with E-state index in [0.29, 0.717) is 11.6 Å². The van der Waals surface area contributed by atoms with Crippen molar-refractivity contribution < 1.29 is 13.2 Å². The number of amides is 1. The molecule has 0 radical (unpaired) electrons. The molecule has 2 aliphatic carbocycles. The minimum Gasteiger partial charge on any atom is -0.352 e. The van der Waals surface area contributed by atoms with Gasteiger partial charge in [0.2, 0.25) is 5.91 Å². The van der Waals surface area contributed by atoms with Crippen molar-refractivity contribution in [2.45, 2.75) is 45.6 Å². The van der Waals surface area contributed by atoms with Crippen LogP contribution in [0.3, 0.4) is 0 Å². The largest absolute Gasteiger partial charge is 0.352 e. The van der Waals surface area contributed by atoms with E-state index in [-0.39, 0.29) is 18.5 Å². The van der Waals surface area contributed by atoms with Crippen LogP contribution in [0.2, 0.25) is 0 Å². The molecular weight excluding hydrogens is 350 g/mol. The second-order valence-electron chi connectivity index (χ2n) is 7.94. The summed E-state index contributed by atoms with van der Waals surface area (Å²) in [6, 6.07) is 5.84. The van der Waals surface area contributed by atoms with E-state index in [0.717, 1.165) is 27.8 Å². The molecule has 1 amide bonds. The number of carbonyl (C=O) groups is 1. The first-order chi connectivity index (χ1) is 12.2. The average Bonchev–Trinajstić information content (AvgIpc) is 3.17. The van der Waals surface area contributed by atoms with E-state index in [1.165, 1.54) is 37.7 Å². The fraction of sp³-hybridized carbons (Fsp3) is 0.632. The van der Waals surface area contributed by atoms with E-state index in [1.807, 2.05) is 32.0 Å². The van der Waals surface area contributed by atoms with Gasteiger partial charge in [-0.05, 0) is 62.1 Å². The summed E-state index contributed by atoms with van der Waals surface area (Å²) in [6.07, 6.45) is 4.66. The molecule has 0 aliphatic heterocycles. The van der Waals surface area contributed by atoms with Crippen molar-refractivity contribution in [3.8, 4) is 0 Å². The monoisotopic (exact) mass is 379 g/mol. The summed E-state index contributed by atoms with van der Waals surface area (Å²) in [5.41, 5.74) is 2.34. The summed E-state index contributed by atoms with van der Waals surface area (Å²) in [5.74, 6) is 1.06. The number of nitrogens with one attached hydrogen (secondary N) is 1. The summed E-state index contributed by atoms with van der Waals surface area (Å²) < 4.78 is 28.1. The zero-order valence-electron chi connectivity index (χ0n) is 16.0. The first-order valence-electron chi connectivity index (χ1n) is 9.25.